The third kappa shape index (κ3) is 1.84. The molecule has 6 heteroatoms. The van der Waals surface area contributed by atoms with E-state index < -0.39 is 0 Å². The predicted molar refractivity (Wildman–Crippen MR) is 62.3 cm³/mol. The molecule has 2 aromatic rings. The quantitative estimate of drug-likeness (QED) is 0.830. The van der Waals surface area contributed by atoms with E-state index in [0.717, 1.165) is 19.5 Å². The molecule has 90 valence electrons. The van der Waals surface area contributed by atoms with Crippen molar-refractivity contribution in [3.63, 3.8) is 0 Å². The molecule has 3 heterocycles. The highest BCUT2D eigenvalue weighted by Crippen LogP contribution is 2.20. The minimum atomic E-state index is -0.310. The Hall–Kier alpha value is -1.69. The van der Waals surface area contributed by atoms with Crippen molar-refractivity contribution < 1.29 is 4.39 Å². The van der Waals surface area contributed by atoms with Gasteiger partial charge in [0.1, 0.15) is 5.82 Å². The van der Waals surface area contributed by atoms with Crippen molar-refractivity contribution in [1.29, 1.82) is 0 Å². The number of hydrogen-bond donors (Lipinski definition) is 1. The largest absolute Gasteiger partial charge is 0.339 e. The van der Waals surface area contributed by atoms with E-state index >= 15 is 0 Å². The number of nitrogens with two attached hydrogens (primary N) is 1. The van der Waals surface area contributed by atoms with Crippen LogP contribution in [0.15, 0.2) is 18.3 Å². The van der Waals surface area contributed by atoms with E-state index in [-0.39, 0.29) is 5.82 Å². The minimum absolute atomic E-state index is 0.310. The molecule has 0 saturated carbocycles. The SMILES string of the molecule is NCC1CCN(c2nc3ccc(F)cn3n2)C1. The molecule has 1 unspecified atom stereocenters. The van der Waals surface area contributed by atoms with Crippen LogP contribution in [0.1, 0.15) is 6.42 Å². The van der Waals surface area contributed by atoms with E-state index in [0.29, 0.717) is 24.1 Å². The topological polar surface area (TPSA) is 59.5 Å². The first-order valence-electron chi connectivity index (χ1n) is 5.73. The Morgan fingerprint density at radius 3 is 3.12 bits per heavy atom. The Balaban J connectivity index is 1.91. The van der Waals surface area contributed by atoms with Gasteiger partial charge in [0.25, 0.3) is 0 Å². The number of halogens is 1. The summed E-state index contributed by atoms with van der Waals surface area (Å²) in [5.41, 5.74) is 6.31. The Bertz CT molecular complexity index is 538. The summed E-state index contributed by atoms with van der Waals surface area (Å²) in [6.07, 6.45) is 2.41. The number of fused-ring (bicyclic) bond motifs is 1. The molecule has 17 heavy (non-hydrogen) atoms. The molecule has 2 aromatic heterocycles. The molecule has 2 N–H and O–H groups in total. The summed E-state index contributed by atoms with van der Waals surface area (Å²) in [4.78, 5) is 6.47. The maximum absolute atomic E-state index is 13.0. The second-order valence-electron chi connectivity index (χ2n) is 4.40. The molecule has 1 atom stereocenters. The predicted octanol–water partition coefficient (Wildman–Crippen LogP) is 0.653. The highest BCUT2D eigenvalue weighted by atomic mass is 19.1. The lowest BCUT2D eigenvalue weighted by atomic mass is 10.1. The molecule has 5 nitrogen and oxygen atoms in total. The van der Waals surface area contributed by atoms with Crippen molar-refractivity contribution in [1.82, 2.24) is 14.6 Å². The first-order chi connectivity index (χ1) is 8.26. The van der Waals surface area contributed by atoms with Gasteiger partial charge in [-0.3, -0.25) is 0 Å². The molecule has 1 aliphatic heterocycles. The number of hydrogen-bond acceptors (Lipinski definition) is 4. The highest BCUT2D eigenvalue weighted by molar-refractivity contribution is 5.45. The van der Waals surface area contributed by atoms with Crippen molar-refractivity contribution in [2.24, 2.45) is 11.7 Å². The molecular weight excluding hydrogens is 221 g/mol. The van der Waals surface area contributed by atoms with Gasteiger partial charge >= 0.3 is 0 Å². The molecule has 3 rings (SSSR count). The van der Waals surface area contributed by atoms with Crippen molar-refractivity contribution in [3.8, 4) is 0 Å². The first kappa shape index (κ1) is 10.5. The van der Waals surface area contributed by atoms with Gasteiger partial charge in [-0.2, -0.15) is 4.98 Å². The zero-order valence-corrected chi connectivity index (χ0v) is 9.38. The monoisotopic (exact) mass is 235 g/mol. The zero-order chi connectivity index (χ0) is 11.8. The van der Waals surface area contributed by atoms with Gasteiger partial charge in [-0.1, -0.05) is 0 Å². The third-order valence-electron chi connectivity index (χ3n) is 3.19. The van der Waals surface area contributed by atoms with Crippen LogP contribution >= 0.6 is 0 Å². The fourth-order valence-corrected chi connectivity index (χ4v) is 2.19. The summed E-state index contributed by atoms with van der Waals surface area (Å²) >= 11 is 0. The molecule has 0 radical (unpaired) electrons. The van der Waals surface area contributed by atoms with Gasteiger partial charge in [-0.05, 0) is 31.0 Å². The molecule has 1 fully saturated rings. The number of anilines is 1. The van der Waals surface area contributed by atoms with Gasteiger partial charge in [0.2, 0.25) is 5.95 Å². The van der Waals surface area contributed by atoms with Crippen molar-refractivity contribution >= 4 is 11.6 Å². The van der Waals surface area contributed by atoms with Crippen LogP contribution in [0.4, 0.5) is 10.3 Å². The summed E-state index contributed by atoms with van der Waals surface area (Å²) in [6.45, 7) is 2.50. The standard InChI is InChI=1S/C11H14FN5/c12-9-1-2-10-14-11(15-17(10)7-9)16-4-3-8(5-13)6-16/h1-2,7-8H,3-6,13H2. The minimum Gasteiger partial charge on any atom is -0.339 e. The van der Waals surface area contributed by atoms with E-state index in [9.17, 15) is 4.39 Å². The van der Waals surface area contributed by atoms with E-state index in [1.807, 2.05) is 0 Å². The van der Waals surface area contributed by atoms with E-state index in [2.05, 4.69) is 15.0 Å². The van der Waals surface area contributed by atoms with Gasteiger partial charge in [0.05, 0.1) is 6.20 Å². The van der Waals surface area contributed by atoms with Crippen LogP contribution in [0.25, 0.3) is 5.65 Å². The van der Waals surface area contributed by atoms with Crippen LogP contribution in [0.2, 0.25) is 0 Å². The molecule has 0 aromatic carbocycles. The van der Waals surface area contributed by atoms with Gasteiger partial charge in [-0.15, -0.1) is 5.10 Å². The van der Waals surface area contributed by atoms with Crippen LogP contribution in [-0.4, -0.2) is 34.2 Å². The average molecular weight is 235 g/mol. The number of pyridine rings is 1. The van der Waals surface area contributed by atoms with Crippen LogP contribution in [0.3, 0.4) is 0 Å². The lowest BCUT2D eigenvalue weighted by Crippen LogP contribution is -2.23. The summed E-state index contributed by atoms with van der Waals surface area (Å²) in [5.74, 6) is 0.861. The van der Waals surface area contributed by atoms with E-state index in [1.165, 1.54) is 16.8 Å². The lowest BCUT2D eigenvalue weighted by Gasteiger charge is -2.12. The van der Waals surface area contributed by atoms with Gasteiger partial charge in [0, 0.05) is 13.1 Å². The molecular formula is C11H14FN5. The number of rotatable bonds is 2. The fourth-order valence-electron chi connectivity index (χ4n) is 2.19. The van der Waals surface area contributed by atoms with Crippen LogP contribution in [-0.2, 0) is 0 Å². The average Bonchev–Trinajstić information content (AvgIpc) is 2.93. The fraction of sp³-hybridized carbons (Fsp3) is 0.455. The third-order valence-corrected chi connectivity index (χ3v) is 3.19. The van der Waals surface area contributed by atoms with Crippen molar-refractivity contribution in [3.05, 3.63) is 24.1 Å². The summed E-state index contributed by atoms with van der Waals surface area (Å²) < 4.78 is 14.5. The molecule has 0 aliphatic carbocycles. The van der Waals surface area contributed by atoms with Crippen molar-refractivity contribution in [2.75, 3.05) is 24.5 Å². The Labute approximate surface area is 98.0 Å². The zero-order valence-electron chi connectivity index (χ0n) is 9.38. The summed E-state index contributed by atoms with van der Waals surface area (Å²) in [5, 5.41) is 4.27. The van der Waals surface area contributed by atoms with Crippen molar-refractivity contribution in [2.45, 2.75) is 6.42 Å². The molecule has 0 spiro atoms. The van der Waals surface area contributed by atoms with Crippen LogP contribution < -0.4 is 10.6 Å². The Morgan fingerprint density at radius 2 is 2.35 bits per heavy atom. The van der Waals surface area contributed by atoms with Gasteiger partial charge < -0.3 is 10.6 Å². The number of nitrogens with zero attached hydrogens (tertiary/aromatic N) is 4. The van der Waals surface area contributed by atoms with Crippen LogP contribution in [0.5, 0.6) is 0 Å². The van der Waals surface area contributed by atoms with E-state index in [1.54, 1.807) is 6.07 Å². The Kier molecular flexibility index (Phi) is 2.44. The van der Waals surface area contributed by atoms with Gasteiger partial charge in [0.15, 0.2) is 5.65 Å². The number of aromatic nitrogens is 3. The summed E-state index contributed by atoms with van der Waals surface area (Å²) in [7, 11) is 0. The molecule has 1 aliphatic rings. The molecule has 1 saturated heterocycles. The maximum Gasteiger partial charge on any atom is 0.245 e. The first-order valence-corrected chi connectivity index (χ1v) is 5.73. The van der Waals surface area contributed by atoms with Gasteiger partial charge in [-0.25, -0.2) is 8.91 Å². The summed E-state index contributed by atoms with van der Waals surface area (Å²) in [6, 6.07) is 3.02. The molecule has 0 amide bonds. The highest BCUT2D eigenvalue weighted by Gasteiger charge is 2.24. The normalized spacial score (nSPS) is 20.4. The van der Waals surface area contributed by atoms with E-state index in [4.69, 9.17) is 5.73 Å². The van der Waals surface area contributed by atoms with Crippen LogP contribution in [0, 0.1) is 11.7 Å². The smallest absolute Gasteiger partial charge is 0.245 e. The second kappa shape index (κ2) is 3.96. The molecule has 0 bridgehead atoms. The maximum atomic E-state index is 13.0. The Morgan fingerprint density at radius 1 is 1.47 bits per heavy atom. The second-order valence-corrected chi connectivity index (χ2v) is 4.40. The lowest BCUT2D eigenvalue weighted by molar-refractivity contribution is 0.601.